The van der Waals surface area contributed by atoms with Gasteiger partial charge in [-0.1, -0.05) is 127 Å². The van der Waals surface area contributed by atoms with Gasteiger partial charge in [0.2, 0.25) is 0 Å². The summed E-state index contributed by atoms with van der Waals surface area (Å²) in [5, 5.41) is 22.2. The van der Waals surface area contributed by atoms with E-state index in [1.807, 2.05) is 0 Å². The molecule has 236 valence electrons. The zero-order valence-corrected chi connectivity index (χ0v) is 26.9. The van der Waals surface area contributed by atoms with Crippen LogP contribution in [0.2, 0.25) is 0 Å². The lowest BCUT2D eigenvalue weighted by Gasteiger charge is -2.40. The summed E-state index contributed by atoms with van der Waals surface area (Å²) >= 11 is 0. The van der Waals surface area contributed by atoms with Crippen LogP contribution in [0.1, 0.15) is 29.6 Å². The number of benzene rings is 7. The van der Waals surface area contributed by atoms with E-state index in [9.17, 15) is 0 Å². The summed E-state index contributed by atoms with van der Waals surface area (Å²) in [5.74, 6) is 0. The predicted molar refractivity (Wildman–Crippen MR) is 201 cm³/mol. The number of hydrogen-bond acceptors (Lipinski definition) is 4. The molecule has 3 aliphatic rings. The highest BCUT2D eigenvalue weighted by Gasteiger charge is 2.53. The van der Waals surface area contributed by atoms with Crippen molar-refractivity contribution in [2.24, 2.45) is 0 Å². The fourth-order valence-corrected chi connectivity index (χ4v) is 8.71. The van der Waals surface area contributed by atoms with Crippen LogP contribution in [0, 0.1) is 0 Å². The Kier molecular flexibility index (Phi) is 5.98. The molecule has 5 heteroatoms. The molecule has 5 unspecified atom stereocenters. The highest BCUT2D eigenvalue weighted by molar-refractivity contribution is 6.20. The standard InChI is InChI=1S/C44H35N5/c1-3-12-30-23-32(19-17-27(30)9-1)41-45-42(33-20-18-28-10-2-4-13-31(28)24-33)47-43(46-41)34-25-39-44(48(39)26-34)49-37-16-8-7-15-36(37)40-35-14-6-5-11-29(35)21-22-38(40)49/h1-25,39,41-47H,26H2. The van der Waals surface area contributed by atoms with E-state index in [2.05, 4.69) is 177 Å². The number of nitrogens with zero attached hydrogens (tertiary/aromatic N) is 2. The third kappa shape index (κ3) is 4.34. The number of fused-ring (bicyclic) bond motifs is 8. The second-order valence-corrected chi connectivity index (χ2v) is 13.9. The van der Waals surface area contributed by atoms with Crippen molar-refractivity contribution in [2.75, 3.05) is 6.54 Å². The maximum Gasteiger partial charge on any atom is 0.107 e. The van der Waals surface area contributed by atoms with E-state index in [-0.39, 0.29) is 18.5 Å². The Labute approximate surface area is 284 Å². The Morgan fingerprint density at radius 2 is 1.02 bits per heavy atom. The third-order valence-corrected chi connectivity index (χ3v) is 11.1. The fraction of sp³-hybridized carbons (Fsp3) is 0.136. The highest BCUT2D eigenvalue weighted by Crippen LogP contribution is 2.50. The molecule has 8 aromatic rings. The zero-order valence-electron chi connectivity index (χ0n) is 26.9. The van der Waals surface area contributed by atoms with Gasteiger partial charge in [0.1, 0.15) is 6.17 Å². The Bertz CT molecular complexity index is 2550. The molecule has 11 rings (SSSR count). The first-order valence-electron chi connectivity index (χ1n) is 17.4. The Hall–Kier alpha value is -5.30. The van der Waals surface area contributed by atoms with E-state index in [4.69, 9.17) is 0 Å². The summed E-state index contributed by atoms with van der Waals surface area (Å²) in [6.45, 7) is 0.927. The first kappa shape index (κ1) is 27.6. The van der Waals surface area contributed by atoms with Gasteiger partial charge < -0.3 is 4.57 Å². The maximum absolute atomic E-state index is 3.96. The molecule has 2 fully saturated rings. The Morgan fingerprint density at radius 1 is 0.469 bits per heavy atom. The van der Waals surface area contributed by atoms with E-state index in [0.29, 0.717) is 12.2 Å². The lowest BCUT2D eigenvalue weighted by atomic mass is 10.0. The first-order chi connectivity index (χ1) is 24.3. The summed E-state index contributed by atoms with van der Waals surface area (Å²) in [7, 11) is 0. The van der Waals surface area contributed by atoms with E-state index < -0.39 is 0 Å². The van der Waals surface area contributed by atoms with Crippen LogP contribution in [0.25, 0.3) is 54.1 Å². The van der Waals surface area contributed by atoms with Gasteiger partial charge in [-0.05, 0) is 73.3 Å². The third-order valence-electron chi connectivity index (χ3n) is 11.1. The predicted octanol–water partition coefficient (Wildman–Crippen LogP) is 8.88. The summed E-state index contributed by atoms with van der Waals surface area (Å²) in [5.41, 5.74) is 6.53. The molecule has 5 nitrogen and oxygen atoms in total. The van der Waals surface area contributed by atoms with Gasteiger partial charge in [-0.2, -0.15) is 0 Å². The van der Waals surface area contributed by atoms with E-state index in [0.717, 1.165) is 6.54 Å². The Morgan fingerprint density at radius 3 is 1.67 bits per heavy atom. The van der Waals surface area contributed by atoms with Gasteiger partial charge >= 0.3 is 0 Å². The molecule has 0 bridgehead atoms. The van der Waals surface area contributed by atoms with Gasteiger partial charge in [0.05, 0.1) is 35.6 Å². The number of hydrogen-bond donors (Lipinski definition) is 3. The Balaban J connectivity index is 0.959. The normalized spacial score (nSPS) is 24.9. The minimum Gasteiger partial charge on any atom is -0.322 e. The molecule has 5 atom stereocenters. The lowest BCUT2D eigenvalue weighted by Crippen LogP contribution is -2.60. The van der Waals surface area contributed by atoms with E-state index in [1.165, 1.54) is 70.8 Å². The molecule has 0 radical (unpaired) electrons. The molecule has 2 saturated heterocycles. The van der Waals surface area contributed by atoms with Crippen LogP contribution in [0.3, 0.4) is 0 Å². The van der Waals surface area contributed by atoms with Crippen molar-refractivity contribution in [3.63, 3.8) is 0 Å². The molecule has 3 N–H and O–H groups in total. The van der Waals surface area contributed by atoms with Gasteiger partial charge in [0.15, 0.2) is 0 Å². The van der Waals surface area contributed by atoms with Crippen LogP contribution in [0.15, 0.2) is 157 Å². The van der Waals surface area contributed by atoms with Crippen LogP contribution in [-0.4, -0.2) is 28.2 Å². The van der Waals surface area contributed by atoms with Crippen LogP contribution < -0.4 is 16.0 Å². The van der Waals surface area contributed by atoms with E-state index >= 15 is 0 Å². The minimum atomic E-state index is -0.0124. The largest absolute Gasteiger partial charge is 0.322 e. The molecule has 1 aromatic heterocycles. The van der Waals surface area contributed by atoms with Gasteiger partial charge in [-0.25, -0.2) is 0 Å². The number of nitrogens with one attached hydrogen (secondary N) is 3. The topological polar surface area (TPSA) is 44.0 Å². The summed E-state index contributed by atoms with van der Waals surface area (Å²) in [6.07, 6.45) is 2.85. The average molecular weight is 634 g/mol. The first-order valence-corrected chi connectivity index (χ1v) is 17.4. The van der Waals surface area contributed by atoms with Crippen LogP contribution in [0.4, 0.5) is 0 Å². The van der Waals surface area contributed by atoms with Crippen molar-refractivity contribution in [1.82, 2.24) is 25.4 Å². The summed E-state index contributed by atoms with van der Waals surface area (Å²) < 4.78 is 2.59. The van der Waals surface area contributed by atoms with Crippen molar-refractivity contribution in [2.45, 2.75) is 30.7 Å². The van der Waals surface area contributed by atoms with E-state index in [1.54, 1.807) is 0 Å². The molecule has 0 saturated carbocycles. The second-order valence-electron chi connectivity index (χ2n) is 13.9. The fourth-order valence-electron chi connectivity index (χ4n) is 8.71. The van der Waals surface area contributed by atoms with Crippen LogP contribution in [-0.2, 0) is 0 Å². The van der Waals surface area contributed by atoms with Gasteiger partial charge in [0, 0.05) is 17.3 Å². The van der Waals surface area contributed by atoms with Crippen LogP contribution >= 0.6 is 0 Å². The van der Waals surface area contributed by atoms with Crippen molar-refractivity contribution in [3.8, 4) is 0 Å². The van der Waals surface area contributed by atoms with Crippen molar-refractivity contribution in [1.29, 1.82) is 0 Å². The van der Waals surface area contributed by atoms with Crippen LogP contribution in [0.5, 0.6) is 0 Å². The second kappa shape index (κ2) is 10.6. The van der Waals surface area contributed by atoms with Gasteiger partial charge in [-0.15, -0.1) is 0 Å². The molecule has 7 aromatic carbocycles. The minimum absolute atomic E-state index is 0.0124. The molecule has 49 heavy (non-hydrogen) atoms. The smallest absolute Gasteiger partial charge is 0.107 e. The number of aromatic nitrogens is 1. The molecular formula is C44H35N5. The zero-order chi connectivity index (χ0) is 32.1. The van der Waals surface area contributed by atoms with Crippen molar-refractivity contribution < 1.29 is 0 Å². The molecule has 3 aliphatic heterocycles. The molecule has 0 aliphatic carbocycles. The summed E-state index contributed by atoms with van der Waals surface area (Å²) in [6, 6.07) is 53.6. The highest BCUT2D eigenvalue weighted by atomic mass is 15.5. The van der Waals surface area contributed by atoms with Crippen molar-refractivity contribution in [3.05, 3.63) is 168 Å². The molecular weight excluding hydrogens is 599 g/mol. The van der Waals surface area contributed by atoms with Gasteiger partial charge in [-0.3, -0.25) is 20.9 Å². The lowest BCUT2D eigenvalue weighted by molar-refractivity contribution is 0.218. The molecule has 0 spiro atoms. The average Bonchev–Trinajstić information content (AvgIpc) is 3.47. The monoisotopic (exact) mass is 633 g/mol. The molecule has 0 amide bonds. The maximum atomic E-state index is 3.96. The quantitative estimate of drug-likeness (QED) is 0.134. The van der Waals surface area contributed by atoms with Crippen molar-refractivity contribution >= 4 is 54.1 Å². The molecule has 4 heterocycles. The number of para-hydroxylation sites is 1. The SMILES string of the molecule is C1=C(C2NC(c3ccc4ccccc4c3)NC(c3ccc4ccccc4c3)N2)CN2C1C2n1c2ccccc2c2c3ccccc3ccc21. The summed E-state index contributed by atoms with van der Waals surface area (Å²) in [4.78, 5) is 2.64. The van der Waals surface area contributed by atoms with Gasteiger partial charge in [0.25, 0.3) is 0 Å². The number of rotatable bonds is 4.